The summed E-state index contributed by atoms with van der Waals surface area (Å²) in [5.41, 5.74) is 0. The van der Waals surface area contributed by atoms with E-state index < -0.39 is 12.0 Å². The van der Waals surface area contributed by atoms with E-state index in [0.717, 1.165) is 19.3 Å². The summed E-state index contributed by atoms with van der Waals surface area (Å²) >= 11 is 0. The number of unbranched alkanes of at least 4 members (excludes halogenated alkanes) is 5. The van der Waals surface area contributed by atoms with E-state index in [1.165, 1.54) is 19.3 Å². The van der Waals surface area contributed by atoms with Crippen molar-refractivity contribution in [3.05, 3.63) is 0 Å². The molecule has 0 aliphatic rings. The topological polar surface area (TPSA) is 66.4 Å². The molecule has 0 radical (unpaired) electrons. The van der Waals surface area contributed by atoms with Crippen molar-refractivity contribution in [3.63, 3.8) is 0 Å². The molecule has 0 aliphatic heterocycles. The quantitative estimate of drug-likeness (QED) is 0.580. The number of aliphatic carboxylic acids is 1. The van der Waals surface area contributed by atoms with E-state index in [4.69, 9.17) is 5.11 Å². The van der Waals surface area contributed by atoms with Crippen molar-refractivity contribution in [2.45, 2.75) is 71.3 Å². The molecular weight excluding hydrogens is 218 g/mol. The van der Waals surface area contributed by atoms with Gasteiger partial charge in [-0.2, -0.15) is 0 Å². The van der Waals surface area contributed by atoms with E-state index in [9.17, 15) is 9.59 Å². The Morgan fingerprint density at radius 2 is 1.65 bits per heavy atom. The number of carbonyl (C=O) groups excluding carboxylic acids is 1. The molecule has 0 aromatic carbocycles. The maximum Gasteiger partial charge on any atom is 0.326 e. The van der Waals surface area contributed by atoms with Crippen LogP contribution in [0.15, 0.2) is 0 Å². The summed E-state index contributed by atoms with van der Waals surface area (Å²) in [6, 6.07) is -0.734. The lowest BCUT2D eigenvalue weighted by Gasteiger charge is -2.11. The smallest absolute Gasteiger partial charge is 0.326 e. The third-order valence-electron chi connectivity index (χ3n) is 2.80. The summed E-state index contributed by atoms with van der Waals surface area (Å²) in [6.45, 7) is 3.92. The number of rotatable bonds is 10. The van der Waals surface area contributed by atoms with Gasteiger partial charge in [0, 0.05) is 6.42 Å². The lowest BCUT2D eigenvalue weighted by molar-refractivity contribution is -0.141. The first-order chi connectivity index (χ1) is 8.11. The van der Waals surface area contributed by atoms with Crippen molar-refractivity contribution in [1.82, 2.24) is 5.32 Å². The van der Waals surface area contributed by atoms with Crippen molar-refractivity contribution in [2.75, 3.05) is 0 Å². The van der Waals surface area contributed by atoms with Crippen LogP contribution in [0.5, 0.6) is 0 Å². The summed E-state index contributed by atoms with van der Waals surface area (Å²) in [6.07, 6.45) is 7.64. The molecule has 0 fully saturated rings. The van der Waals surface area contributed by atoms with E-state index in [2.05, 4.69) is 12.2 Å². The number of hydrogen-bond donors (Lipinski definition) is 2. The summed E-state index contributed by atoms with van der Waals surface area (Å²) in [5.74, 6) is -1.10. The molecule has 4 heteroatoms. The first-order valence-corrected chi connectivity index (χ1v) is 6.64. The first kappa shape index (κ1) is 15.9. The van der Waals surface area contributed by atoms with Crippen molar-refractivity contribution in [1.29, 1.82) is 0 Å². The Labute approximate surface area is 104 Å². The normalized spacial score (nSPS) is 12.1. The third kappa shape index (κ3) is 8.72. The molecule has 0 spiro atoms. The Morgan fingerprint density at radius 3 is 2.18 bits per heavy atom. The van der Waals surface area contributed by atoms with Gasteiger partial charge in [-0.1, -0.05) is 46.0 Å². The Bertz CT molecular complexity index is 229. The van der Waals surface area contributed by atoms with Gasteiger partial charge in [0.2, 0.25) is 5.91 Å². The van der Waals surface area contributed by atoms with Crippen molar-refractivity contribution < 1.29 is 14.7 Å². The van der Waals surface area contributed by atoms with Crippen LogP contribution in [0, 0.1) is 0 Å². The first-order valence-electron chi connectivity index (χ1n) is 6.64. The highest BCUT2D eigenvalue weighted by Crippen LogP contribution is 2.07. The highest BCUT2D eigenvalue weighted by Gasteiger charge is 2.16. The molecule has 0 aliphatic carbocycles. The average molecular weight is 243 g/mol. The second kappa shape index (κ2) is 10.1. The molecule has 100 valence electrons. The third-order valence-corrected chi connectivity index (χ3v) is 2.80. The molecule has 0 heterocycles. The molecule has 0 saturated carbocycles. The molecule has 1 amide bonds. The number of hydrogen-bond acceptors (Lipinski definition) is 2. The van der Waals surface area contributed by atoms with E-state index in [0.29, 0.717) is 12.8 Å². The number of carbonyl (C=O) groups is 2. The van der Waals surface area contributed by atoms with Crippen LogP contribution in [0.25, 0.3) is 0 Å². The Morgan fingerprint density at radius 1 is 1.06 bits per heavy atom. The maximum absolute atomic E-state index is 11.4. The van der Waals surface area contributed by atoms with Crippen LogP contribution < -0.4 is 5.32 Å². The van der Waals surface area contributed by atoms with Gasteiger partial charge in [0.15, 0.2) is 0 Å². The van der Waals surface area contributed by atoms with Gasteiger partial charge < -0.3 is 10.4 Å². The minimum absolute atomic E-state index is 0.144. The summed E-state index contributed by atoms with van der Waals surface area (Å²) in [7, 11) is 0. The Hall–Kier alpha value is -1.06. The van der Waals surface area contributed by atoms with Crippen LogP contribution in [-0.2, 0) is 9.59 Å². The molecule has 4 nitrogen and oxygen atoms in total. The highest BCUT2D eigenvalue weighted by atomic mass is 16.4. The van der Waals surface area contributed by atoms with Crippen LogP contribution in [-0.4, -0.2) is 23.0 Å². The molecule has 1 unspecified atom stereocenters. The molecule has 0 aromatic heterocycles. The van der Waals surface area contributed by atoms with Crippen LogP contribution in [0.2, 0.25) is 0 Å². The van der Waals surface area contributed by atoms with E-state index in [-0.39, 0.29) is 5.91 Å². The fraction of sp³-hybridized carbons (Fsp3) is 0.846. The molecule has 0 saturated heterocycles. The summed E-state index contributed by atoms with van der Waals surface area (Å²) in [4.78, 5) is 22.1. The molecule has 0 aromatic rings. The molecule has 2 N–H and O–H groups in total. The van der Waals surface area contributed by atoms with Gasteiger partial charge in [-0.3, -0.25) is 4.79 Å². The number of carboxylic acids is 1. The van der Waals surface area contributed by atoms with Gasteiger partial charge >= 0.3 is 5.97 Å². The second-order valence-corrected chi connectivity index (χ2v) is 4.38. The molecule has 17 heavy (non-hydrogen) atoms. The minimum Gasteiger partial charge on any atom is -0.480 e. The zero-order valence-corrected chi connectivity index (χ0v) is 11.0. The van der Waals surface area contributed by atoms with E-state index >= 15 is 0 Å². The number of nitrogens with one attached hydrogen (secondary N) is 1. The predicted octanol–water partition coefficient (Wildman–Crippen LogP) is 2.72. The SMILES string of the molecule is CCCCCCCCC(=O)NC(CC)C(=O)O. The molecule has 0 bridgehead atoms. The monoisotopic (exact) mass is 243 g/mol. The Kier molecular flexibility index (Phi) is 9.49. The zero-order valence-electron chi connectivity index (χ0n) is 11.0. The number of amides is 1. The fourth-order valence-corrected chi connectivity index (χ4v) is 1.67. The zero-order chi connectivity index (χ0) is 13.1. The van der Waals surface area contributed by atoms with Crippen LogP contribution in [0.3, 0.4) is 0 Å². The molecule has 0 rings (SSSR count). The fourth-order valence-electron chi connectivity index (χ4n) is 1.67. The van der Waals surface area contributed by atoms with Crippen LogP contribution in [0.4, 0.5) is 0 Å². The van der Waals surface area contributed by atoms with Gasteiger partial charge in [0.25, 0.3) is 0 Å². The lowest BCUT2D eigenvalue weighted by atomic mass is 10.1. The van der Waals surface area contributed by atoms with Gasteiger partial charge in [0.1, 0.15) is 6.04 Å². The van der Waals surface area contributed by atoms with E-state index in [1.807, 2.05) is 0 Å². The maximum atomic E-state index is 11.4. The largest absolute Gasteiger partial charge is 0.480 e. The lowest BCUT2D eigenvalue weighted by Crippen LogP contribution is -2.40. The van der Waals surface area contributed by atoms with Crippen LogP contribution in [0.1, 0.15) is 65.2 Å². The van der Waals surface area contributed by atoms with Crippen molar-refractivity contribution in [2.24, 2.45) is 0 Å². The Balaban J connectivity index is 3.55. The van der Waals surface area contributed by atoms with Gasteiger partial charge in [-0.25, -0.2) is 4.79 Å². The minimum atomic E-state index is -0.955. The van der Waals surface area contributed by atoms with Crippen molar-refractivity contribution >= 4 is 11.9 Å². The van der Waals surface area contributed by atoms with Gasteiger partial charge in [-0.05, 0) is 12.8 Å². The van der Waals surface area contributed by atoms with Crippen molar-refractivity contribution in [3.8, 4) is 0 Å². The standard InChI is InChI=1S/C13H25NO3/c1-3-5-6-7-8-9-10-12(15)14-11(4-2)13(16)17/h11H,3-10H2,1-2H3,(H,14,15)(H,16,17). The van der Waals surface area contributed by atoms with Gasteiger partial charge in [0.05, 0.1) is 0 Å². The van der Waals surface area contributed by atoms with Crippen LogP contribution >= 0.6 is 0 Å². The van der Waals surface area contributed by atoms with Gasteiger partial charge in [-0.15, -0.1) is 0 Å². The summed E-state index contributed by atoms with van der Waals surface area (Å²) < 4.78 is 0. The second-order valence-electron chi connectivity index (χ2n) is 4.38. The average Bonchev–Trinajstić information content (AvgIpc) is 2.30. The highest BCUT2D eigenvalue weighted by molar-refractivity contribution is 5.83. The summed E-state index contributed by atoms with van der Waals surface area (Å²) in [5, 5.41) is 11.3. The predicted molar refractivity (Wildman–Crippen MR) is 67.9 cm³/mol. The molecular formula is C13H25NO3. The van der Waals surface area contributed by atoms with E-state index in [1.54, 1.807) is 6.92 Å². The number of carboxylic acid groups (broad SMARTS) is 1. The molecule has 1 atom stereocenters.